The molecule has 2 heterocycles. The number of hydrogen-bond donors (Lipinski definition) is 4. The lowest BCUT2D eigenvalue weighted by atomic mass is 9.99. The third kappa shape index (κ3) is 2.33. The van der Waals surface area contributed by atoms with Crippen molar-refractivity contribution < 1.29 is 20.1 Å². The molecule has 4 unspecified atom stereocenters. The molecule has 2 rings (SSSR count). The summed E-state index contributed by atoms with van der Waals surface area (Å²) in [5, 5.41) is 33.8. The van der Waals surface area contributed by atoms with Crippen LogP contribution >= 0.6 is 11.3 Å². The Morgan fingerprint density at radius 1 is 1.50 bits per heavy atom. The molecule has 4 N–H and O–H groups in total. The van der Waals surface area contributed by atoms with Crippen molar-refractivity contribution in [2.45, 2.75) is 24.4 Å². The molecule has 7 heteroatoms. The fraction of sp³-hybridized carbons (Fsp3) is 0.667. The molecule has 6 nitrogen and oxygen atoms in total. The van der Waals surface area contributed by atoms with Crippen molar-refractivity contribution in [2.75, 3.05) is 18.5 Å². The minimum absolute atomic E-state index is 0.225. The first-order chi connectivity index (χ1) is 7.72. The van der Waals surface area contributed by atoms with Gasteiger partial charge in [-0.15, -0.1) is 11.3 Å². The largest absolute Gasteiger partial charge is 0.394 e. The maximum absolute atomic E-state index is 9.81. The monoisotopic (exact) mass is 246 g/mol. The van der Waals surface area contributed by atoms with Gasteiger partial charge < -0.3 is 25.4 Å². The van der Waals surface area contributed by atoms with Gasteiger partial charge in [0.2, 0.25) is 0 Å². The summed E-state index contributed by atoms with van der Waals surface area (Å²) in [6.45, 7) is -0.0781. The zero-order chi connectivity index (χ0) is 11.5. The highest BCUT2D eigenvalue weighted by Gasteiger charge is 2.38. The second-order valence-corrected chi connectivity index (χ2v) is 4.52. The first-order valence-corrected chi connectivity index (χ1v) is 5.85. The van der Waals surface area contributed by atoms with Gasteiger partial charge in [0.25, 0.3) is 0 Å². The van der Waals surface area contributed by atoms with Crippen molar-refractivity contribution >= 4 is 16.5 Å². The number of anilines is 1. The van der Waals surface area contributed by atoms with Crippen molar-refractivity contribution in [1.29, 1.82) is 0 Å². The van der Waals surface area contributed by atoms with Crippen LogP contribution in [-0.4, -0.2) is 57.9 Å². The molecule has 0 aliphatic carbocycles. The first-order valence-electron chi connectivity index (χ1n) is 4.97. The van der Waals surface area contributed by atoms with E-state index in [0.29, 0.717) is 5.13 Å². The Kier molecular flexibility index (Phi) is 3.72. The molecule has 0 bridgehead atoms. The maximum atomic E-state index is 9.81. The lowest BCUT2D eigenvalue weighted by molar-refractivity contribution is -0.152. The van der Waals surface area contributed by atoms with Gasteiger partial charge in [-0.3, -0.25) is 0 Å². The van der Waals surface area contributed by atoms with E-state index in [1.54, 1.807) is 6.20 Å². The molecule has 0 radical (unpaired) electrons. The fourth-order valence-corrected chi connectivity index (χ4v) is 2.22. The topological polar surface area (TPSA) is 94.8 Å². The highest BCUT2D eigenvalue weighted by atomic mass is 32.1. The Labute approximate surface area is 96.5 Å². The van der Waals surface area contributed by atoms with Crippen molar-refractivity contribution in [2.24, 2.45) is 0 Å². The van der Waals surface area contributed by atoms with Gasteiger partial charge in [0.1, 0.15) is 18.3 Å². The summed E-state index contributed by atoms with van der Waals surface area (Å²) in [7, 11) is 0. The van der Waals surface area contributed by atoms with Crippen LogP contribution in [-0.2, 0) is 4.74 Å². The molecule has 1 saturated heterocycles. The third-order valence-corrected chi connectivity index (χ3v) is 3.26. The molecule has 16 heavy (non-hydrogen) atoms. The van der Waals surface area contributed by atoms with Crippen LogP contribution in [0.2, 0.25) is 0 Å². The van der Waals surface area contributed by atoms with Crippen LogP contribution in [0, 0.1) is 0 Å². The second-order valence-electron chi connectivity index (χ2n) is 3.62. The summed E-state index contributed by atoms with van der Waals surface area (Å²) in [4.78, 5) is 4.02. The Hall–Kier alpha value is -0.730. The van der Waals surface area contributed by atoms with E-state index in [1.165, 1.54) is 11.3 Å². The SMILES string of the molecule is OCC1OCC(Nc2nccs2)C(O)C1O. The second kappa shape index (κ2) is 5.07. The highest BCUT2D eigenvalue weighted by Crippen LogP contribution is 2.20. The Balaban J connectivity index is 1.97. The van der Waals surface area contributed by atoms with Crippen molar-refractivity contribution in [1.82, 2.24) is 4.98 Å². The zero-order valence-corrected chi connectivity index (χ0v) is 9.30. The fourth-order valence-electron chi connectivity index (χ4n) is 1.62. The lowest BCUT2D eigenvalue weighted by Crippen LogP contribution is -2.56. The smallest absolute Gasteiger partial charge is 0.182 e. The molecule has 0 aromatic carbocycles. The van der Waals surface area contributed by atoms with Crippen LogP contribution in [0.4, 0.5) is 5.13 Å². The Bertz CT molecular complexity index is 321. The number of aliphatic hydroxyl groups excluding tert-OH is 3. The summed E-state index contributed by atoms with van der Waals surface area (Å²) < 4.78 is 5.23. The van der Waals surface area contributed by atoms with Crippen LogP contribution in [0.1, 0.15) is 0 Å². The van der Waals surface area contributed by atoms with Crippen LogP contribution in [0.5, 0.6) is 0 Å². The van der Waals surface area contributed by atoms with Gasteiger partial charge in [0.15, 0.2) is 5.13 Å². The third-order valence-electron chi connectivity index (χ3n) is 2.55. The number of thiazole rings is 1. The van der Waals surface area contributed by atoms with Crippen LogP contribution < -0.4 is 5.32 Å². The lowest BCUT2D eigenvalue weighted by Gasteiger charge is -2.37. The van der Waals surface area contributed by atoms with E-state index in [4.69, 9.17) is 9.84 Å². The zero-order valence-electron chi connectivity index (χ0n) is 8.48. The van der Waals surface area contributed by atoms with Crippen LogP contribution in [0.15, 0.2) is 11.6 Å². The van der Waals surface area contributed by atoms with E-state index in [9.17, 15) is 10.2 Å². The molecule has 1 aromatic rings. The minimum atomic E-state index is -1.09. The molecular formula is C9H14N2O4S. The molecule has 0 spiro atoms. The highest BCUT2D eigenvalue weighted by molar-refractivity contribution is 7.13. The number of aromatic nitrogens is 1. The quantitative estimate of drug-likeness (QED) is 0.548. The van der Waals surface area contributed by atoms with Crippen LogP contribution in [0.25, 0.3) is 0 Å². The van der Waals surface area contributed by atoms with Gasteiger partial charge in [-0.1, -0.05) is 0 Å². The Morgan fingerprint density at radius 3 is 2.94 bits per heavy atom. The summed E-state index contributed by atoms with van der Waals surface area (Å²) >= 11 is 1.41. The van der Waals surface area contributed by atoms with Gasteiger partial charge >= 0.3 is 0 Å². The van der Waals surface area contributed by atoms with Crippen molar-refractivity contribution in [3.63, 3.8) is 0 Å². The van der Waals surface area contributed by atoms with Gasteiger partial charge in [-0.05, 0) is 0 Å². The van der Waals surface area contributed by atoms with E-state index in [-0.39, 0.29) is 13.2 Å². The maximum Gasteiger partial charge on any atom is 0.182 e. The molecular weight excluding hydrogens is 232 g/mol. The molecule has 4 atom stereocenters. The van der Waals surface area contributed by atoms with Gasteiger partial charge in [-0.25, -0.2) is 4.98 Å². The van der Waals surface area contributed by atoms with E-state index in [1.807, 2.05) is 5.38 Å². The van der Waals surface area contributed by atoms with Crippen molar-refractivity contribution in [3.8, 4) is 0 Å². The number of ether oxygens (including phenoxy) is 1. The molecule has 1 aliphatic heterocycles. The molecule has 1 aromatic heterocycles. The standard InChI is InChI=1S/C9H14N2O4S/c12-3-6-8(14)7(13)5(4-15-6)11-9-10-1-2-16-9/h1-2,5-8,12-14H,3-4H2,(H,10,11). The number of nitrogens with zero attached hydrogens (tertiary/aromatic N) is 1. The van der Waals surface area contributed by atoms with Crippen molar-refractivity contribution in [3.05, 3.63) is 11.6 Å². The van der Waals surface area contributed by atoms with E-state index in [2.05, 4.69) is 10.3 Å². The normalized spacial score (nSPS) is 34.9. The number of hydrogen-bond acceptors (Lipinski definition) is 7. The summed E-state index contributed by atoms with van der Waals surface area (Å²) in [5.74, 6) is 0. The number of aliphatic hydroxyl groups is 3. The summed E-state index contributed by atoms with van der Waals surface area (Å²) in [5.41, 5.74) is 0. The molecule has 1 fully saturated rings. The Morgan fingerprint density at radius 2 is 2.31 bits per heavy atom. The average Bonchev–Trinajstić information content (AvgIpc) is 2.78. The molecule has 90 valence electrons. The van der Waals surface area contributed by atoms with E-state index < -0.39 is 24.4 Å². The number of rotatable bonds is 3. The minimum Gasteiger partial charge on any atom is -0.394 e. The first kappa shape index (κ1) is 11.7. The predicted molar refractivity (Wildman–Crippen MR) is 58.4 cm³/mol. The molecule has 1 aliphatic rings. The molecule has 0 amide bonds. The van der Waals surface area contributed by atoms with Gasteiger partial charge in [0.05, 0.1) is 19.3 Å². The predicted octanol–water partition coefficient (Wildman–Crippen LogP) is -0.964. The molecule has 0 saturated carbocycles. The van der Waals surface area contributed by atoms with Gasteiger partial charge in [0, 0.05) is 11.6 Å². The van der Waals surface area contributed by atoms with E-state index in [0.717, 1.165) is 0 Å². The summed E-state index contributed by atoms with van der Waals surface area (Å²) in [6.07, 6.45) is -1.13. The van der Waals surface area contributed by atoms with E-state index >= 15 is 0 Å². The number of nitrogens with one attached hydrogen (secondary N) is 1. The van der Waals surface area contributed by atoms with Gasteiger partial charge in [-0.2, -0.15) is 0 Å². The summed E-state index contributed by atoms with van der Waals surface area (Å²) in [6, 6.07) is -0.413. The average molecular weight is 246 g/mol. The van der Waals surface area contributed by atoms with Crippen LogP contribution in [0.3, 0.4) is 0 Å².